The molecule has 20 heavy (non-hydrogen) atoms. The van der Waals surface area contributed by atoms with Gasteiger partial charge < -0.3 is 16.8 Å². The summed E-state index contributed by atoms with van der Waals surface area (Å²) in [6.45, 7) is 3.82. The summed E-state index contributed by atoms with van der Waals surface area (Å²) in [6, 6.07) is 6.89. The molecule has 2 atom stereocenters. The van der Waals surface area contributed by atoms with Crippen LogP contribution in [0.3, 0.4) is 0 Å². The van der Waals surface area contributed by atoms with Crippen molar-refractivity contribution in [2.45, 2.75) is 39.2 Å². The third kappa shape index (κ3) is 5.01. The molecule has 0 aromatic heterocycles. The van der Waals surface area contributed by atoms with E-state index in [0.717, 1.165) is 19.3 Å². The lowest BCUT2D eigenvalue weighted by atomic mass is 10.0. The Bertz CT molecular complexity index is 472. The lowest BCUT2D eigenvalue weighted by Crippen LogP contribution is -2.23. The quantitative estimate of drug-likeness (QED) is 0.709. The van der Waals surface area contributed by atoms with Gasteiger partial charge in [0.2, 0.25) is 5.91 Å². The number of nitrogens with one attached hydrogen (secondary N) is 1. The van der Waals surface area contributed by atoms with Gasteiger partial charge >= 0.3 is 0 Å². The Morgan fingerprint density at radius 1 is 1.20 bits per heavy atom. The zero-order chi connectivity index (χ0) is 15.1. The third-order valence-corrected chi connectivity index (χ3v) is 3.19. The molecular formula is C15H23N3O2. The number of carbonyl (C=O) groups is 2. The molecule has 0 aliphatic carbocycles. The highest BCUT2D eigenvalue weighted by atomic mass is 16.2. The van der Waals surface area contributed by atoms with E-state index in [9.17, 15) is 9.59 Å². The second-order valence-electron chi connectivity index (χ2n) is 5.21. The van der Waals surface area contributed by atoms with Gasteiger partial charge in [-0.2, -0.15) is 0 Å². The average Bonchev–Trinajstić information content (AvgIpc) is 2.38. The summed E-state index contributed by atoms with van der Waals surface area (Å²) in [4.78, 5) is 23.3. The van der Waals surface area contributed by atoms with Crippen molar-refractivity contribution in [3.8, 4) is 0 Å². The van der Waals surface area contributed by atoms with Crippen molar-refractivity contribution < 1.29 is 9.59 Å². The predicted octanol–water partition coefficient (Wildman–Crippen LogP) is 1.88. The number of primary amides is 1. The monoisotopic (exact) mass is 277 g/mol. The third-order valence-electron chi connectivity index (χ3n) is 3.19. The standard InChI is InChI=1S/C15H23N3O2/c1-10(6-5-7-11(2)16)15(20)18-13-9-4-3-8-12(13)14(17)19/h3-4,8-11H,5-7,16H2,1-2H3,(H2,17,19)(H,18,20). The van der Waals surface area contributed by atoms with Gasteiger partial charge in [0, 0.05) is 12.0 Å². The van der Waals surface area contributed by atoms with E-state index in [2.05, 4.69) is 5.32 Å². The molecule has 5 N–H and O–H groups in total. The van der Waals surface area contributed by atoms with Crippen LogP contribution in [-0.4, -0.2) is 17.9 Å². The molecule has 5 heteroatoms. The Morgan fingerprint density at radius 2 is 1.85 bits per heavy atom. The van der Waals surface area contributed by atoms with Crippen LogP contribution >= 0.6 is 0 Å². The average molecular weight is 277 g/mol. The van der Waals surface area contributed by atoms with Crippen LogP contribution in [0, 0.1) is 5.92 Å². The van der Waals surface area contributed by atoms with Crippen LogP contribution in [0.1, 0.15) is 43.5 Å². The maximum absolute atomic E-state index is 12.1. The van der Waals surface area contributed by atoms with Gasteiger partial charge in [0.05, 0.1) is 11.3 Å². The first-order valence-electron chi connectivity index (χ1n) is 6.87. The first-order chi connectivity index (χ1) is 9.41. The normalized spacial score (nSPS) is 13.6. The highest BCUT2D eigenvalue weighted by molar-refractivity contribution is 6.03. The van der Waals surface area contributed by atoms with Crippen molar-refractivity contribution in [3.05, 3.63) is 29.8 Å². The number of amides is 2. The summed E-state index contributed by atoms with van der Waals surface area (Å²) in [5, 5.41) is 2.76. The molecule has 0 aliphatic rings. The predicted molar refractivity (Wildman–Crippen MR) is 80.3 cm³/mol. The zero-order valence-electron chi connectivity index (χ0n) is 12.1. The Hall–Kier alpha value is -1.88. The van der Waals surface area contributed by atoms with Crippen LogP contribution in [0.4, 0.5) is 5.69 Å². The van der Waals surface area contributed by atoms with Gasteiger partial charge in [0.15, 0.2) is 0 Å². The summed E-state index contributed by atoms with van der Waals surface area (Å²) >= 11 is 0. The van der Waals surface area contributed by atoms with Crippen LogP contribution in [-0.2, 0) is 4.79 Å². The van der Waals surface area contributed by atoms with Gasteiger partial charge in [0.1, 0.15) is 0 Å². The molecule has 2 amide bonds. The lowest BCUT2D eigenvalue weighted by molar-refractivity contribution is -0.119. The fourth-order valence-corrected chi connectivity index (χ4v) is 1.94. The first-order valence-corrected chi connectivity index (χ1v) is 6.87. The van der Waals surface area contributed by atoms with E-state index in [1.807, 2.05) is 13.8 Å². The first kappa shape index (κ1) is 16.2. The zero-order valence-corrected chi connectivity index (χ0v) is 12.1. The van der Waals surface area contributed by atoms with Crippen molar-refractivity contribution in [3.63, 3.8) is 0 Å². The molecule has 5 nitrogen and oxygen atoms in total. The Balaban J connectivity index is 2.59. The molecule has 0 aliphatic heterocycles. The number of rotatable bonds is 7. The largest absolute Gasteiger partial charge is 0.366 e. The van der Waals surface area contributed by atoms with E-state index < -0.39 is 5.91 Å². The minimum Gasteiger partial charge on any atom is -0.366 e. The number of carbonyl (C=O) groups excluding carboxylic acids is 2. The van der Waals surface area contributed by atoms with Crippen molar-refractivity contribution in [2.75, 3.05) is 5.32 Å². The molecule has 0 spiro atoms. The van der Waals surface area contributed by atoms with E-state index in [4.69, 9.17) is 11.5 Å². The maximum Gasteiger partial charge on any atom is 0.250 e. The van der Waals surface area contributed by atoms with E-state index >= 15 is 0 Å². The van der Waals surface area contributed by atoms with Crippen LogP contribution in [0.2, 0.25) is 0 Å². The molecule has 1 rings (SSSR count). The van der Waals surface area contributed by atoms with Gasteiger partial charge in [-0.3, -0.25) is 9.59 Å². The van der Waals surface area contributed by atoms with Gasteiger partial charge in [-0.15, -0.1) is 0 Å². The Kier molecular flexibility index (Phi) is 6.18. The van der Waals surface area contributed by atoms with Crippen molar-refractivity contribution >= 4 is 17.5 Å². The van der Waals surface area contributed by atoms with Crippen LogP contribution in [0.5, 0.6) is 0 Å². The number of nitrogens with two attached hydrogens (primary N) is 2. The van der Waals surface area contributed by atoms with Crippen molar-refractivity contribution in [1.82, 2.24) is 0 Å². The Morgan fingerprint density at radius 3 is 2.45 bits per heavy atom. The Labute approximate surface area is 119 Å². The molecule has 1 aromatic carbocycles. The summed E-state index contributed by atoms with van der Waals surface area (Å²) in [5.74, 6) is -0.788. The smallest absolute Gasteiger partial charge is 0.250 e. The summed E-state index contributed by atoms with van der Waals surface area (Å²) in [5.41, 5.74) is 11.7. The summed E-state index contributed by atoms with van der Waals surface area (Å²) < 4.78 is 0. The van der Waals surface area contributed by atoms with E-state index in [0.29, 0.717) is 11.3 Å². The molecule has 110 valence electrons. The molecule has 2 unspecified atom stereocenters. The van der Waals surface area contributed by atoms with E-state index in [-0.39, 0.29) is 17.9 Å². The topological polar surface area (TPSA) is 98.2 Å². The number of hydrogen-bond donors (Lipinski definition) is 3. The van der Waals surface area contributed by atoms with Crippen molar-refractivity contribution in [1.29, 1.82) is 0 Å². The fourth-order valence-electron chi connectivity index (χ4n) is 1.94. The molecule has 0 saturated heterocycles. The second kappa shape index (κ2) is 7.65. The minimum absolute atomic E-state index is 0.108. The minimum atomic E-state index is -0.550. The SMILES string of the molecule is CC(N)CCCC(C)C(=O)Nc1ccccc1C(N)=O. The lowest BCUT2D eigenvalue weighted by Gasteiger charge is -2.14. The van der Waals surface area contributed by atoms with E-state index in [1.54, 1.807) is 24.3 Å². The molecule has 0 fully saturated rings. The van der Waals surface area contributed by atoms with Crippen LogP contribution in [0.25, 0.3) is 0 Å². The number of hydrogen-bond acceptors (Lipinski definition) is 3. The number of anilines is 1. The highest BCUT2D eigenvalue weighted by Crippen LogP contribution is 2.17. The van der Waals surface area contributed by atoms with Gasteiger partial charge in [0.25, 0.3) is 5.91 Å². The van der Waals surface area contributed by atoms with E-state index in [1.165, 1.54) is 0 Å². The molecule has 0 radical (unpaired) electrons. The fraction of sp³-hybridized carbons (Fsp3) is 0.467. The van der Waals surface area contributed by atoms with Crippen LogP contribution in [0.15, 0.2) is 24.3 Å². The highest BCUT2D eigenvalue weighted by Gasteiger charge is 2.15. The second-order valence-corrected chi connectivity index (χ2v) is 5.21. The molecule has 0 bridgehead atoms. The molecular weight excluding hydrogens is 254 g/mol. The van der Waals surface area contributed by atoms with Gasteiger partial charge in [-0.1, -0.05) is 25.5 Å². The van der Waals surface area contributed by atoms with Gasteiger partial charge in [-0.05, 0) is 31.9 Å². The van der Waals surface area contributed by atoms with Crippen LogP contribution < -0.4 is 16.8 Å². The molecule has 1 aromatic rings. The number of benzene rings is 1. The molecule has 0 heterocycles. The molecule has 0 saturated carbocycles. The maximum atomic E-state index is 12.1. The number of para-hydroxylation sites is 1. The van der Waals surface area contributed by atoms with Crippen molar-refractivity contribution in [2.24, 2.45) is 17.4 Å². The van der Waals surface area contributed by atoms with Gasteiger partial charge in [-0.25, -0.2) is 0 Å². The summed E-state index contributed by atoms with van der Waals surface area (Å²) in [7, 11) is 0. The summed E-state index contributed by atoms with van der Waals surface area (Å²) in [6.07, 6.45) is 2.57.